The van der Waals surface area contributed by atoms with Crippen LogP contribution in [-0.2, 0) is 0 Å². The van der Waals surface area contributed by atoms with Crippen LogP contribution in [0, 0.1) is 0 Å². The summed E-state index contributed by atoms with van der Waals surface area (Å²) in [7, 11) is 0. The lowest BCUT2D eigenvalue weighted by atomic mass is 10.1. The summed E-state index contributed by atoms with van der Waals surface area (Å²) in [6.45, 7) is 1.22. The lowest BCUT2D eigenvalue weighted by Gasteiger charge is -2.34. The minimum absolute atomic E-state index is 0.0219. The second kappa shape index (κ2) is 5.19. The normalized spacial score (nSPS) is 15.5. The second-order valence-corrected chi connectivity index (χ2v) is 5.43. The minimum atomic E-state index is 0.0219. The molecule has 0 spiro atoms. The molecule has 0 saturated carbocycles. The molecular weight excluding hydrogens is 272 g/mol. The largest absolute Gasteiger partial charge is 0.329 e. The molecule has 0 saturated heterocycles. The van der Waals surface area contributed by atoms with E-state index in [0.29, 0.717) is 13.1 Å². The maximum Gasteiger partial charge on any atom is 0.329 e. The van der Waals surface area contributed by atoms with E-state index in [1.54, 1.807) is 0 Å². The first-order valence-corrected chi connectivity index (χ1v) is 7.45. The van der Waals surface area contributed by atoms with Gasteiger partial charge in [0.15, 0.2) is 0 Å². The zero-order valence-corrected chi connectivity index (χ0v) is 12.1. The highest BCUT2D eigenvalue weighted by Gasteiger charge is 2.27. The topological polar surface area (TPSA) is 23.6 Å². The summed E-state index contributed by atoms with van der Waals surface area (Å²) in [5.41, 5.74) is 4.12. The number of hydrogen-bond donors (Lipinski definition) is 0. The van der Waals surface area contributed by atoms with E-state index in [-0.39, 0.29) is 6.03 Å². The van der Waals surface area contributed by atoms with E-state index in [0.717, 1.165) is 22.5 Å². The average Bonchev–Trinajstić information content (AvgIpc) is 2.60. The Labute approximate surface area is 129 Å². The van der Waals surface area contributed by atoms with Crippen LogP contribution in [0.1, 0.15) is 11.1 Å². The van der Waals surface area contributed by atoms with Crippen molar-refractivity contribution < 1.29 is 4.79 Å². The lowest BCUT2D eigenvalue weighted by Crippen LogP contribution is -2.45. The van der Waals surface area contributed by atoms with Crippen LogP contribution in [-0.4, -0.2) is 19.1 Å². The van der Waals surface area contributed by atoms with E-state index >= 15 is 0 Å². The van der Waals surface area contributed by atoms with Gasteiger partial charge < -0.3 is 0 Å². The van der Waals surface area contributed by atoms with Crippen LogP contribution in [0.2, 0.25) is 0 Å². The summed E-state index contributed by atoms with van der Waals surface area (Å²) in [4.78, 5) is 16.7. The molecule has 2 aromatic rings. The monoisotopic (exact) mass is 288 g/mol. The molecule has 3 nitrogen and oxygen atoms in total. The number of rotatable bonds is 0. The number of hydrogen-bond acceptors (Lipinski definition) is 1. The zero-order valence-electron chi connectivity index (χ0n) is 12.1. The highest BCUT2D eigenvalue weighted by atomic mass is 16.2. The van der Waals surface area contributed by atoms with Crippen molar-refractivity contribution in [1.29, 1.82) is 0 Å². The Bertz CT molecular complexity index is 726. The summed E-state index contributed by atoms with van der Waals surface area (Å²) < 4.78 is 0. The van der Waals surface area contributed by atoms with Gasteiger partial charge in [0.1, 0.15) is 0 Å². The van der Waals surface area contributed by atoms with Crippen molar-refractivity contribution in [2.24, 2.45) is 0 Å². The first-order valence-electron chi connectivity index (χ1n) is 7.45. The molecule has 2 heterocycles. The average molecular weight is 288 g/mol. The van der Waals surface area contributed by atoms with Crippen molar-refractivity contribution in [2.45, 2.75) is 0 Å². The summed E-state index contributed by atoms with van der Waals surface area (Å²) >= 11 is 0. The van der Waals surface area contributed by atoms with Gasteiger partial charge in [-0.2, -0.15) is 0 Å². The van der Waals surface area contributed by atoms with E-state index in [1.807, 2.05) is 70.5 Å². The van der Waals surface area contributed by atoms with Gasteiger partial charge in [-0.1, -0.05) is 60.7 Å². The second-order valence-electron chi connectivity index (χ2n) is 5.43. The fourth-order valence-corrected chi connectivity index (χ4v) is 3.02. The molecule has 2 aromatic carbocycles. The Morgan fingerprint density at radius 2 is 1.18 bits per heavy atom. The number of carbonyl (C=O) groups is 1. The molecule has 4 rings (SSSR count). The van der Waals surface area contributed by atoms with Crippen molar-refractivity contribution in [1.82, 2.24) is 0 Å². The first kappa shape index (κ1) is 12.9. The Morgan fingerprint density at radius 1 is 0.727 bits per heavy atom. The molecule has 0 radical (unpaired) electrons. The maximum absolute atomic E-state index is 13.1. The summed E-state index contributed by atoms with van der Waals surface area (Å²) in [5.74, 6) is 0. The third-order valence-electron chi connectivity index (χ3n) is 4.09. The number of amides is 2. The number of urea groups is 1. The Hall–Kier alpha value is -2.81. The number of carbonyl (C=O) groups excluding carboxylic acids is 1. The van der Waals surface area contributed by atoms with Gasteiger partial charge in [-0.3, -0.25) is 9.80 Å². The van der Waals surface area contributed by atoms with Crippen LogP contribution in [0.4, 0.5) is 16.2 Å². The van der Waals surface area contributed by atoms with E-state index < -0.39 is 0 Å². The van der Waals surface area contributed by atoms with Crippen LogP contribution in [0.15, 0.2) is 60.7 Å². The van der Waals surface area contributed by atoms with Crippen molar-refractivity contribution in [3.8, 4) is 0 Å². The smallest absolute Gasteiger partial charge is 0.290 e. The number of anilines is 2. The van der Waals surface area contributed by atoms with Crippen LogP contribution in [0.25, 0.3) is 12.2 Å². The van der Waals surface area contributed by atoms with Crippen molar-refractivity contribution >= 4 is 29.6 Å². The van der Waals surface area contributed by atoms with Gasteiger partial charge in [0.25, 0.3) is 0 Å². The van der Waals surface area contributed by atoms with Gasteiger partial charge in [-0.15, -0.1) is 0 Å². The molecule has 108 valence electrons. The number of benzene rings is 2. The van der Waals surface area contributed by atoms with Gasteiger partial charge in [0.05, 0.1) is 11.4 Å². The molecule has 0 fully saturated rings. The van der Waals surface area contributed by atoms with Crippen molar-refractivity contribution in [2.75, 3.05) is 22.9 Å². The van der Waals surface area contributed by atoms with Crippen LogP contribution >= 0.6 is 0 Å². The minimum Gasteiger partial charge on any atom is -0.290 e. The van der Waals surface area contributed by atoms with E-state index in [9.17, 15) is 4.79 Å². The molecule has 2 aliphatic heterocycles. The molecule has 3 heteroatoms. The first-order chi connectivity index (χ1) is 10.8. The van der Waals surface area contributed by atoms with E-state index in [1.165, 1.54) is 0 Å². The predicted molar refractivity (Wildman–Crippen MR) is 91.0 cm³/mol. The molecule has 0 aliphatic carbocycles. The molecule has 0 aromatic heterocycles. The Balaban J connectivity index is 1.72. The van der Waals surface area contributed by atoms with Gasteiger partial charge in [-0.25, -0.2) is 4.79 Å². The fraction of sp³-hybridized carbons (Fsp3) is 0.105. The Kier molecular flexibility index (Phi) is 3.04. The standard InChI is InChI=1S/C19H16N2O/c22-19(20-13-5-9-15-7-1-3-11-17(15)20)21-14-6-10-16-8-2-4-12-18(16)21/h1-12H,13-14H2. The van der Waals surface area contributed by atoms with Crippen LogP contribution in [0.3, 0.4) is 0 Å². The molecule has 0 N–H and O–H groups in total. The molecule has 2 amide bonds. The van der Waals surface area contributed by atoms with Gasteiger partial charge in [0, 0.05) is 13.1 Å². The zero-order chi connectivity index (χ0) is 14.9. The van der Waals surface area contributed by atoms with E-state index in [4.69, 9.17) is 0 Å². The SMILES string of the molecule is O=C(N1CC=Cc2ccccc21)N1CC=Cc2ccccc21. The lowest BCUT2D eigenvalue weighted by molar-refractivity contribution is 0.252. The molecule has 22 heavy (non-hydrogen) atoms. The van der Waals surface area contributed by atoms with Crippen LogP contribution < -0.4 is 9.80 Å². The Morgan fingerprint density at radius 3 is 1.68 bits per heavy atom. The van der Waals surface area contributed by atoms with E-state index in [2.05, 4.69) is 12.2 Å². The number of para-hydroxylation sites is 2. The molecule has 0 atom stereocenters. The quantitative estimate of drug-likeness (QED) is 0.713. The van der Waals surface area contributed by atoms with Crippen molar-refractivity contribution in [3.05, 3.63) is 71.8 Å². The summed E-state index contributed by atoms with van der Waals surface area (Å²) in [5, 5.41) is 0. The third kappa shape index (κ3) is 2.02. The maximum atomic E-state index is 13.1. The summed E-state index contributed by atoms with van der Waals surface area (Å²) in [6, 6.07) is 16.0. The van der Waals surface area contributed by atoms with Gasteiger partial charge in [0.2, 0.25) is 0 Å². The molecule has 2 aliphatic rings. The van der Waals surface area contributed by atoms with Gasteiger partial charge in [-0.05, 0) is 23.3 Å². The molecule has 0 unspecified atom stereocenters. The predicted octanol–water partition coefficient (Wildman–Crippen LogP) is 4.17. The third-order valence-corrected chi connectivity index (χ3v) is 4.09. The fourth-order valence-electron chi connectivity index (χ4n) is 3.02. The number of fused-ring (bicyclic) bond motifs is 2. The molecular formula is C19H16N2O. The van der Waals surface area contributed by atoms with Gasteiger partial charge >= 0.3 is 6.03 Å². The van der Waals surface area contributed by atoms with Crippen LogP contribution in [0.5, 0.6) is 0 Å². The highest BCUT2D eigenvalue weighted by molar-refractivity contribution is 6.07. The number of nitrogens with zero attached hydrogens (tertiary/aromatic N) is 2. The van der Waals surface area contributed by atoms with Crippen molar-refractivity contribution in [3.63, 3.8) is 0 Å². The highest BCUT2D eigenvalue weighted by Crippen LogP contribution is 2.30. The summed E-state index contributed by atoms with van der Waals surface area (Å²) in [6.07, 6.45) is 8.21. The molecule has 0 bridgehead atoms.